The molecule has 2 aliphatic rings. The third kappa shape index (κ3) is 2.45. The van der Waals surface area contributed by atoms with E-state index in [0.717, 1.165) is 13.1 Å². The standard InChI is InChI=1S/C16H22N2O2/c1-10(2)18-8-12-4-3-11(5-14(12)9-18)15-6-13(7-17-15)16(19)20/h3-5,10,13,15,17H,6-9H2,1-2H3,(H,19,20). The van der Waals surface area contributed by atoms with E-state index in [-0.39, 0.29) is 12.0 Å². The van der Waals surface area contributed by atoms with Crippen molar-refractivity contribution in [3.8, 4) is 0 Å². The fourth-order valence-corrected chi connectivity index (χ4v) is 3.20. The Morgan fingerprint density at radius 3 is 2.75 bits per heavy atom. The molecular formula is C16H22N2O2. The molecule has 2 aliphatic heterocycles. The largest absolute Gasteiger partial charge is 0.481 e. The normalized spacial score (nSPS) is 26.1. The summed E-state index contributed by atoms with van der Waals surface area (Å²) in [5, 5.41) is 12.4. The molecule has 2 unspecified atom stereocenters. The van der Waals surface area contributed by atoms with Gasteiger partial charge in [0, 0.05) is 31.7 Å². The van der Waals surface area contributed by atoms with Crippen molar-refractivity contribution in [2.75, 3.05) is 6.54 Å². The monoisotopic (exact) mass is 274 g/mol. The fraction of sp³-hybridized carbons (Fsp3) is 0.562. The molecule has 0 saturated carbocycles. The average Bonchev–Trinajstić information content (AvgIpc) is 3.04. The highest BCUT2D eigenvalue weighted by atomic mass is 16.4. The summed E-state index contributed by atoms with van der Waals surface area (Å²) in [5.41, 5.74) is 4.05. The number of carboxylic acids is 1. The van der Waals surface area contributed by atoms with Gasteiger partial charge in [0.15, 0.2) is 0 Å². The van der Waals surface area contributed by atoms with E-state index in [0.29, 0.717) is 19.0 Å². The van der Waals surface area contributed by atoms with Gasteiger partial charge in [0.05, 0.1) is 5.92 Å². The van der Waals surface area contributed by atoms with Gasteiger partial charge in [-0.15, -0.1) is 0 Å². The van der Waals surface area contributed by atoms with E-state index in [1.165, 1.54) is 16.7 Å². The summed E-state index contributed by atoms with van der Waals surface area (Å²) in [6.07, 6.45) is 0.696. The number of nitrogens with zero attached hydrogens (tertiary/aromatic N) is 1. The second-order valence-corrected chi connectivity index (χ2v) is 6.26. The molecule has 0 radical (unpaired) electrons. The Balaban J connectivity index is 1.75. The zero-order valence-corrected chi connectivity index (χ0v) is 12.1. The van der Waals surface area contributed by atoms with Crippen molar-refractivity contribution >= 4 is 5.97 Å². The van der Waals surface area contributed by atoms with Gasteiger partial charge in [0.1, 0.15) is 0 Å². The predicted octanol–water partition coefficient (Wildman–Crippen LogP) is 2.15. The molecule has 3 rings (SSSR count). The van der Waals surface area contributed by atoms with Crippen molar-refractivity contribution in [3.63, 3.8) is 0 Å². The number of nitrogens with one attached hydrogen (secondary N) is 1. The molecule has 0 aromatic heterocycles. The van der Waals surface area contributed by atoms with E-state index in [4.69, 9.17) is 5.11 Å². The highest BCUT2D eigenvalue weighted by Gasteiger charge is 2.31. The zero-order valence-electron chi connectivity index (χ0n) is 12.1. The number of aliphatic carboxylic acids is 1. The average molecular weight is 274 g/mol. The number of hydrogen-bond acceptors (Lipinski definition) is 3. The van der Waals surface area contributed by atoms with Crippen LogP contribution in [0.4, 0.5) is 0 Å². The van der Waals surface area contributed by atoms with Crippen LogP contribution in [0, 0.1) is 5.92 Å². The maximum absolute atomic E-state index is 11.0. The first-order valence-corrected chi connectivity index (χ1v) is 7.36. The summed E-state index contributed by atoms with van der Waals surface area (Å²) in [6, 6.07) is 7.38. The van der Waals surface area contributed by atoms with Crippen LogP contribution < -0.4 is 5.32 Å². The molecule has 1 aromatic rings. The first kappa shape index (κ1) is 13.6. The molecule has 20 heavy (non-hydrogen) atoms. The Labute approximate surface area is 119 Å². The lowest BCUT2D eigenvalue weighted by molar-refractivity contribution is -0.141. The smallest absolute Gasteiger partial charge is 0.307 e. The fourth-order valence-electron chi connectivity index (χ4n) is 3.20. The SMILES string of the molecule is CC(C)N1Cc2ccc(C3CC(C(=O)O)CN3)cc2C1. The van der Waals surface area contributed by atoms with Crippen LogP contribution >= 0.6 is 0 Å². The van der Waals surface area contributed by atoms with Crippen molar-refractivity contribution in [2.45, 2.75) is 45.4 Å². The molecule has 0 spiro atoms. The van der Waals surface area contributed by atoms with Gasteiger partial charge in [-0.25, -0.2) is 0 Å². The van der Waals surface area contributed by atoms with E-state index in [1.807, 2.05) is 0 Å². The first-order chi connectivity index (χ1) is 9.54. The lowest BCUT2D eigenvalue weighted by Crippen LogP contribution is -2.24. The predicted molar refractivity (Wildman–Crippen MR) is 77.3 cm³/mol. The third-order valence-electron chi connectivity index (χ3n) is 4.59. The van der Waals surface area contributed by atoms with Crippen molar-refractivity contribution in [2.24, 2.45) is 5.92 Å². The van der Waals surface area contributed by atoms with E-state index < -0.39 is 5.97 Å². The van der Waals surface area contributed by atoms with Crippen molar-refractivity contribution in [3.05, 3.63) is 34.9 Å². The molecule has 0 bridgehead atoms. The molecule has 4 heteroatoms. The number of carbonyl (C=O) groups is 1. The molecule has 0 amide bonds. The summed E-state index contributed by atoms with van der Waals surface area (Å²) in [5.74, 6) is -0.937. The molecule has 2 atom stereocenters. The van der Waals surface area contributed by atoms with Gasteiger partial charge in [0.25, 0.3) is 0 Å². The summed E-state index contributed by atoms with van der Waals surface area (Å²) in [7, 11) is 0. The second kappa shape index (κ2) is 5.19. The van der Waals surface area contributed by atoms with Crippen LogP contribution in [0.25, 0.3) is 0 Å². The summed E-state index contributed by atoms with van der Waals surface area (Å²) in [4.78, 5) is 13.5. The topological polar surface area (TPSA) is 52.6 Å². The van der Waals surface area contributed by atoms with Gasteiger partial charge in [-0.1, -0.05) is 18.2 Å². The number of hydrogen-bond donors (Lipinski definition) is 2. The molecular weight excluding hydrogens is 252 g/mol. The van der Waals surface area contributed by atoms with E-state index in [2.05, 4.69) is 42.3 Å². The van der Waals surface area contributed by atoms with Crippen LogP contribution in [0.2, 0.25) is 0 Å². The molecule has 2 N–H and O–H groups in total. The maximum atomic E-state index is 11.0. The highest BCUT2D eigenvalue weighted by Crippen LogP contribution is 2.31. The molecule has 1 saturated heterocycles. The van der Waals surface area contributed by atoms with E-state index >= 15 is 0 Å². The molecule has 108 valence electrons. The summed E-state index contributed by atoms with van der Waals surface area (Å²) in [6.45, 7) is 7.07. The Bertz CT molecular complexity index is 527. The van der Waals surface area contributed by atoms with E-state index in [9.17, 15) is 4.79 Å². The number of rotatable bonds is 3. The summed E-state index contributed by atoms with van der Waals surface area (Å²) < 4.78 is 0. The number of fused-ring (bicyclic) bond motifs is 1. The first-order valence-electron chi connectivity index (χ1n) is 7.36. The molecule has 1 fully saturated rings. The van der Waals surface area contributed by atoms with Crippen molar-refractivity contribution < 1.29 is 9.90 Å². The molecule has 0 aliphatic carbocycles. The van der Waals surface area contributed by atoms with Crippen LogP contribution in [0.5, 0.6) is 0 Å². The van der Waals surface area contributed by atoms with Crippen molar-refractivity contribution in [1.82, 2.24) is 10.2 Å². The Morgan fingerprint density at radius 1 is 1.35 bits per heavy atom. The summed E-state index contributed by atoms with van der Waals surface area (Å²) >= 11 is 0. The minimum absolute atomic E-state index is 0.189. The zero-order chi connectivity index (χ0) is 14.3. The quantitative estimate of drug-likeness (QED) is 0.886. The van der Waals surface area contributed by atoms with Crippen LogP contribution in [-0.4, -0.2) is 28.6 Å². The lowest BCUT2D eigenvalue weighted by Gasteiger charge is -2.18. The minimum Gasteiger partial charge on any atom is -0.481 e. The second-order valence-electron chi connectivity index (χ2n) is 6.26. The Morgan fingerprint density at radius 2 is 2.10 bits per heavy atom. The van der Waals surface area contributed by atoms with Crippen LogP contribution in [-0.2, 0) is 17.9 Å². The highest BCUT2D eigenvalue weighted by molar-refractivity contribution is 5.70. The minimum atomic E-state index is -0.688. The molecule has 1 aromatic carbocycles. The van der Waals surface area contributed by atoms with Gasteiger partial charge in [-0.2, -0.15) is 0 Å². The van der Waals surface area contributed by atoms with Crippen molar-refractivity contribution in [1.29, 1.82) is 0 Å². The van der Waals surface area contributed by atoms with Gasteiger partial charge >= 0.3 is 5.97 Å². The van der Waals surface area contributed by atoms with Crippen LogP contribution in [0.3, 0.4) is 0 Å². The van der Waals surface area contributed by atoms with E-state index in [1.54, 1.807) is 0 Å². The number of carboxylic acid groups (broad SMARTS) is 1. The van der Waals surface area contributed by atoms with Crippen LogP contribution in [0.15, 0.2) is 18.2 Å². The number of benzene rings is 1. The lowest BCUT2D eigenvalue weighted by atomic mass is 9.97. The van der Waals surface area contributed by atoms with Crippen LogP contribution in [0.1, 0.15) is 43.0 Å². The van der Waals surface area contributed by atoms with Gasteiger partial charge < -0.3 is 10.4 Å². The molecule has 2 heterocycles. The molecule has 4 nitrogen and oxygen atoms in total. The Hall–Kier alpha value is -1.39. The third-order valence-corrected chi connectivity index (χ3v) is 4.59. The van der Waals surface area contributed by atoms with Gasteiger partial charge in [-0.3, -0.25) is 9.69 Å². The maximum Gasteiger partial charge on any atom is 0.307 e. The Kier molecular flexibility index (Phi) is 3.52. The van der Waals surface area contributed by atoms with Gasteiger partial charge in [0.2, 0.25) is 0 Å². The van der Waals surface area contributed by atoms with Gasteiger partial charge in [-0.05, 0) is 37.0 Å².